The minimum atomic E-state index is -0.751. The fourth-order valence-electron chi connectivity index (χ4n) is 3.35. The quantitative estimate of drug-likeness (QED) is 0.240. The van der Waals surface area contributed by atoms with Gasteiger partial charge in [0.25, 0.3) is 0 Å². The molecule has 1 heterocycles. The number of rotatable bonds is 11. The third-order valence-corrected chi connectivity index (χ3v) is 5.24. The van der Waals surface area contributed by atoms with E-state index >= 15 is 0 Å². The molecule has 0 radical (unpaired) electrons. The van der Waals surface area contributed by atoms with Crippen LogP contribution >= 0.6 is 11.6 Å². The zero-order valence-corrected chi connectivity index (χ0v) is 20.0. The van der Waals surface area contributed by atoms with Gasteiger partial charge in [-0.25, -0.2) is 14.8 Å². The highest BCUT2D eigenvalue weighted by Gasteiger charge is 2.20. The van der Waals surface area contributed by atoms with Crippen molar-refractivity contribution in [2.45, 2.75) is 25.8 Å². The summed E-state index contributed by atoms with van der Waals surface area (Å²) in [4.78, 5) is 32.1. The van der Waals surface area contributed by atoms with Crippen LogP contribution in [0.15, 0.2) is 42.7 Å². The molecule has 0 fully saturated rings. The van der Waals surface area contributed by atoms with Crippen molar-refractivity contribution in [1.29, 1.82) is 0 Å². The summed E-state index contributed by atoms with van der Waals surface area (Å²) < 4.78 is 16.0. The van der Waals surface area contributed by atoms with Crippen LogP contribution in [0.25, 0.3) is 10.9 Å². The molecule has 2 N–H and O–H groups in total. The first-order chi connectivity index (χ1) is 16.4. The van der Waals surface area contributed by atoms with E-state index in [1.807, 2.05) is 30.3 Å². The minimum absolute atomic E-state index is 0.299. The zero-order chi connectivity index (χ0) is 24.5. The van der Waals surface area contributed by atoms with Gasteiger partial charge in [0, 0.05) is 36.4 Å². The van der Waals surface area contributed by atoms with Crippen LogP contribution in [0, 0.1) is 0 Å². The van der Waals surface area contributed by atoms with E-state index in [1.54, 1.807) is 13.2 Å². The molecule has 180 valence electrons. The van der Waals surface area contributed by atoms with Crippen LogP contribution in [0.2, 0.25) is 0 Å². The van der Waals surface area contributed by atoms with Crippen molar-refractivity contribution in [1.82, 2.24) is 15.3 Å². The van der Waals surface area contributed by atoms with Crippen LogP contribution < -0.4 is 20.1 Å². The second kappa shape index (κ2) is 12.0. The topological polar surface area (TPSA) is 112 Å². The summed E-state index contributed by atoms with van der Waals surface area (Å²) in [6.45, 7) is 1.83. The summed E-state index contributed by atoms with van der Waals surface area (Å²) in [6.07, 6.45) is 2.50. The summed E-state index contributed by atoms with van der Waals surface area (Å²) in [5, 5.41) is 6.67. The van der Waals surface area contributed by atoms with Gasteiger partial charge in [0.15, 0.2) is 11.5 Å². The number of hydrogen-bond donors (Lipinski definition) is 2. The Bertz CT molecular complexity index is 1140. The average molecular weight is 487 g/mol. The first kappa shape index (κ1) is 25.0. The van der Waals surface area contributed by atoms with Gasteiger partial charge < -0.3 is 24.8 Å². The maximum atomic E-state index is 12.0. The molecule has 2 aromatic carbocycles. The Kier molecular flexibility index (Phi) is 8.86. The fraction of sp³-hybridized carbons (Fsp3) is 0.333. The normalized spacial score (nSPS) is 11.5. The maximum absolute atomic E-state index is 12.0. The molecule has 3 rings (SSSR count). The van der Waals surface area contributed by atoms with Crippen molar-refractivity contribution in [3.63, 3.8) is 0 Å². The minimum Gasteiger partial charge on any atom is -0.493 e. The van der Waals surface area contributed by atoms with Gasteiger partial charge in [0.05, 0.1) is 26.3 Å². The zero-order valence-electron chi connectivity index (χ0n) is 19.3. The lowest BCUT2D eigenvalue weighted by Crippen LogP contribution is -2.41. The second-order valence-electron chi connectivity index (χ2n) is 7.44. The van der Waals surface area contributed by atoms with E-state index in [9.17, 15) is 9.59 Å². The highest BCUT2D eigenvalue weighted by atomic mass is 35.5. The van der Waals surface area contributed by atoms with Crippen molar-refractivity contribution in [3.05, 3.63) is 48.3 Å². The van der Waals surface area contributed by atoms with E-state index < -0.39 is 12.0 Å². The van der Waals surface area contributed by atoms with E-state index in [-0.39, 0.29) is 5.91 Å². The van der Waals surface area contributed by atoms with Gasteiger partial charge in [-0.1, -0.05) is 12.1 Å². The fourth-order valence-corrected chi connectivity index (χ4v) is 3.46. The summed E-state index contributed by atoms with van der Waals surface area (Å²) in [5.41, 5.74) is 2.35. The third-order valence-electron chi connectivity index (χ3n) is 4.98. The molecule has 0 spiro atoms. The molecule has 0 aliphatic carbocycles. The molecule has 1 aromatic heterocycles. The Morgan fingerprint density at radius 3 is 2.50 bits per heavy atom. The number of anilines is 2. The highest BCUT2D eigenvalue weighted by Crippen LogP contribution is 2.34. The number of carbonyl (C=O) groups is 2. The number of esters is 1. The molecule has 10 heteroatoms. The number of carbonyl (C=O) groups excluding carboxylic acids is 2. The SMILES string of the molecule is COC(=O)C(Cc1ccc(Nc2ncnc3cc(OC)c(OCCCCl)cc23)cc1)NC(C)=O. The number of benzene rings is 2. The Hall–Kier alpha value is -3.59. The van der Waals surface area contributed by atoms with Gasteiger partial charge in [-0.3, -0.25) is 4.79 Å². The first-order valence-electron chi connectivity index (χ1n) is 10.7. The molecule has 0 aliphatic heterocycles. The molecule has 0 aliphatic rings. The predicted octanol–water partition coefficient (Wildman–Crippen LogP) is 3.61. The maximum Gasteiger partial charge on any atom is 0.328 e. The van der Waals surface area contributed by atoms with Gasteiger partial charge in [0.2, 0.25) is 5.91 Å². The largest absolute Gasteiger partial charge is 0.493 e. The van der Waals surface area contributed by atoms with Crippen molar-refractivity contribution in [2.24, 2.45) is 0 Å². The Labute approximate surface area is 202 Å². The lowest BCUT2D eigenvalue weighted by molar-refractivity contribution is -0.144. The van der Waals surface area contributed by atoms with E-state index in [2.05, 4.69) is 20.6 Å². The number of methoxy groups -OCH3 is 2. The van der Waals surface area contributed by atoms with Crippen molar-refractivity contribution >= 4 is 45.9 Å². The number of alkyl halides is 1. The smallest absolute Gasteiger partial charge is 0.328 e. The van der Waals surface area contributed by atoms with Gasteiger partial charge in [-0.2, -0.15) is 0 Å². The number of fused-ring (bicyclic) bond motifs is 1. The van der Waals surface area contributed by atoms with Crippen LogP contribution in [0.1, 0.15) is 18.9 Å². The number of nitrogens with one attached hydrogen (secondary N) is 2. The molecule has 1 amide bonds. The highest BCUT2D eigenvalue weighted by molar-refractivity contribution is 6.17. The molecule has 9 nitrogen and oxygen atoms in total. The van der Waals surface area contributed by atoms with Crippen LogP contribution in [0.4, 0.5) is 11.5 Å². The van der Waals surface area contributed by atoms with Crippen molar-refractivity contribution < 1.29 is 23.8 Å². The summed E-state index contributed by atoms with van der Waals surface area (Å²) >= 11 is 5.75. The molecular weight excluding hydrogens is 460 g/mol. The molecular formula is C24H27ClN4O5. The Morgan fingerprint density at radius 2 is 1.85 bits per heavy atom. The van der Waals surface area contributed by atoms with Crippen LogP contribution in [-0.2, 0) is 20.7 Å². The first-order valence-corrected chi connectivity index (χ1v) is 11.2. The van der Waals surface area contributed by atoms with Crippen molar-refractivity contribution in [3.8, 4) is 11.5 Å². The van der Waals surface area contributed by atoms with E-state index in [1.165, 1.54) is 20.4 Å². The molecule has 0 saturated heterocycles. The standard InChI is InChI=1S/C24H27ClN4O5/c1-15(30)28-20(24(31)33-3)11-16-5-7-17(8-6-16)29-23-18-12-22(34-10-4-9-25)21(32-2)13-19(18)26-14-27-23/h5-8,12-14,20H,4,9-11H2,1-3H3,(H,28,30)(H,26,27,29). The molecule has 1 unspecified atom stereocenters. The summed E-state index contributed by atoms with van der Waals surface area (Å²) in [7, 11) is 2.87. The molecule has 34 heavy (non-hydrogen) atoms. The van der Waals surface area contributed by atoms with Gasteiger partial charge in [-0.05, 0) is 30.2 Å². The summed E-state index contributed by atoms with van der Waals surface area (Å²) in [5.74, 6) is 1.48. The molecule has 0 saturated carbocycles. The van der Waals surface area contributed by atoms with E-state index in [4.69, 9.17) is 25.8 Å². The number of ether oxygens (including phenoxy) is 3. The number of halogens is 1. The Balaban J connectivity index is 1.81. The number of amides is 1. The number of hydrogen-bond acceptors (Lipinski definition) is 8. The van der Waals surface area contributed by atoms with Crippen LogP contribution in [0.3, 0.4) is 0 Å². The molecule has 1 atom stereocenters. The second-order valence-corrected chi connectivity index (χ2v) is 7.81. The lowest BCUT2D eigenvalue weighted by Gasteiger charge is -2.16. The van der Waals surface area contributed by atoms with Crippen LogP contribution in [0.5, 0.6) is 11.5 Å². The molecule has 0 bridgehead atoms. The van der Waals surface area contributed by atoms with E-state index in [0.717, 1.165) is 16.6 Å². The average Bonchev–Trinajstić information content (AvgIpc) is 2.84. The van der Waals surface area contributed by atoms with Gasteiger partial charge in [0.1, 0.15) is 18.2 Å². The van der Waals surface area contributed by atoms with Crippen LogP contribution in [-0.4, -0.2) is 54.6 Å². The van der Waals surface area contributed by atoms with Crippen molar-refractivity contribution in [2.75, 3.05) is 32.0 Å². The molecule has 3 aromatic rings. The lowest BCUT2D eigenvalue weighted by atomic mass is 10.1. The summed E-state index contributed by atoms with van der Waals surface area (Å²) in [6, 6.07) is 10.4. The number of nitrogens with zero attached hydrogens (tertiary/aromatic N) is 2. The predicted molar refractivity (Wildman–Crippen MR) is 130 cm³/mol. The monoisotopic (exact) mass is 486 g/mol. The van der Waals surface area contributed by atoms with Gasteiger partial charge in [-0.15, -0.1) is 11.6 Å². The Morgan fingerprint density at radius 1 is 1.09 bits per heavy atom. The third kappa shape index (κ3) is 6.48. The number of aromatic nitrogens is 2. The van der Waals surface area contributed by atoms with E-state index in [0.29, 0.717) is 48.2 Å². The van der Waals surface area contributed by atoms with Gasteiger partial charge >= 0.3 is 5.97 Å².